The lowest BCUT2D eigenvalue weighted by Crippen LogP contribution is -2.26. The monoisotopic (exact) mass is 394 g/mol. The summed E-state index contributed by atoms with van der Waals surface area (Å²) in [5, 5.41) is 3.53. The lowest BCUT2D eigenvalue weighted by Gasteiger charge is -2.11. The van der Waals surface area contributed by atoms with Crippen LogP contribution in [-0.4, -0.2) is 19.9 Å². The Bertz CT molecular complexity index is 1210. The summed E-state index contributed by atoms with van der Waals surface area (Å²) in [6.07, 6.45) is 4.40. The Kier molecular flexibility index (Phi) is 5.12. The van der Waals surface area contributed by atoms with Crippen molar-refractivity contribution in [2.75, 3.05) is 0 Å². The van der Waals surface area contributed by atoms with Crippen LogP contribution in [0.5, 0.6) is 0 Å². The third kappa shape index (κ3) is 3.64. The minimum atomic E-state index is -0.101. The molecule has 3 heterocycles. The van der Waals surface area contributed by atoms with E-state index in [-0.39, 0.29) is 11.5 Å². The maximum Gasteiger partial charge on any atom is 0.276 e. The van der Waals surface area contributed by atoms with Crippen LogP contribution in [0.2, 0.25) is 5.02 Å². The van der Waals surface area contributed by atoms with Gasteiger partial charge in [-0.2, -0.15) is 0 Å². The molecule has 0 aliphatic heterocycles. The number of nitrogens with one attached hydrogen (secondary N) is 1. The molecule has 0 spiro atoms. The van der Waals surface area contributed by atoms with Crippen LogP contribution in [0.4, 0.5) is 0 Å². The normalized spacial score (nSPS) is 11.2. The number of hydrogen-bond acceptors (Lipinski definition) is 3. The van der Waals surface area contributed by atoms with E-state index in [1.165, 1.54) is 0 Å². The largest absolute Gasteiger partial charge is 0.352 e. The van der Waals surface area contributed by atoms with Crippen LogP contribution >= 0.6 is 11.6 Å². The predicted molar refractivity (Wildman–Crippen MR) is 109 cm³/mol. The lowest BCUT2D eigenvalue weighted by molar-refractivity contribution is -0.121. The van der Waals surface area contributed by atoms with Gasteiger partial charge in [-0.1, -0.05) is 23.7 Å². The fraction of sp³-hybridized carbons (Fsp3) is 0.190. The molecule has 0 atom stereocenters. The lowest BCUT2D eigenvalue weighted by atomic mass is 10.2. The highest BCUT2D eigenvalue weighted by atomic mass is 35.5. The first-order chi connectivity index (χ1) is 13.6. The second-order valence-corrected chi connectivity index (χ2v) is 7.01. The van der Waals surface area contributed by atoms with E-state index in [0.717, 1.165) is 11.1 Å². The number of nitrogens with zero attached hydrogens (tertiary/aromatic N) is 3. The maximum absolute atomic E-state index is 12.8. The van der Waals surface area contributed by atoms with Crippen molar-refractivity contribution < 1.29 is 4.79 Å². The zero-order valence-electron chi connectivity index (χ0n) is 15.1. The number of carbonyl (C=O) groups is 1. The number of halogens is 1. The molecule has 0 unspecified atom stereocenters. The van der Waals surface area contributed by atoms with E-state index in [4.69, 9.17) is 11.6 Å². The summed E-state index contributed by atoms with van der Waals surface area (Å²) < 4.78 is 3.49. The van der Waals surface area contributed by atoms with Gasteiger partial charge in [-0.05, 0) is 48.4 Å². The molecule has 0 saturated carbocycles. The van der Waals surface area contributed by atoms with Crippen LogP contribution in [0.1, 0.15) is 18.4 Å². The van der Waals surface area contributed by atoms with Crippen molar-refractivity contribution in [1.82, 2.24) is 19.3 Å². The Labute approximate surface area is 166 Å². The van der Waals surface area contributed by atoms with E-state index in [2.05, 4.69) is 10.3 Å². The Morgan fingerprint density at radius 3 is 2.82 bits per heavy atom. The molecule has 0 fully saturated rings. The first kappa shape index (κ1) is 18.3. The van der Waals surface area contributed by atoms with E-state index < -0.39 is 0 Å². The molecule has 0 radical (unpaired) electrons. The molecule has 4 aromatic rings. The van der Waals surface area contributed by atoms with Crippen molar-refractivity contribution in [2.24, 2.45) is 0 Å². The van der Waals surface area contributed by atoms with Crippen molar-refractivity contribution >= 4 is 34.2 Å². The first-order valence-corrected chi connectivity index (χ1v) is 9.47. The third-order valence-corrected chi connectivity index (χ3v) is 4.89. The average molecular weight is 395 g/mol. The number of aryl methyl sites for hydroxylation is 1. The molecule has 3 aromatic heterocycles. The van der Waals surface area contributed by atoms with Gasteiger partial charge in [-0.15, -0.1) is 0 Å². The van der Waals surface area contributed by atoms with Gasteiger partial charge in [-0.25, -0.2) is 4.98 Å². The van der Waals surface area contributed by atoms with Gasteiger partial charge >= 0.3 is 0 Å². The van der Waals surface area contributed by atoms with Crippen molar-refractivity contribution in [3.05, 3.63) is 81.9 Å². The number of pyridine rings is 1. The molecular formula is C21H19ClN4O2. The van der Waals surface area contributed by atoms with E-state index in [0.29, 0.717) is 42.1 Å². The molecule has 1 N–H and O–H groups in total. The zero-order valence-corrected chi connectivity index (χ0v) is 15.9. The third-order valence-electron chi connectivity index (χ3n) is 4.66. The first-order valence-electron chi connectivity index (χ1n) is 9.09. The number of amides is 1. The van der Waals surface area contributed by atoms with Crippen LogP contribution in [0.25, 0.3) is 16.7 Å². The topological polar surface area (TPSA) is 68.4 Å². The van der Waals surface area contributed by atoms with Gasteiger partial charge in [0.15, 0.2) is 5.65 Å². The van der Waals surface area contributed by atoms with Crippen molar-refractivity contribution in [1.29, 1.82) is 0 Å². The number of carbonyl (C=O) groups excluding carboxylic acids is 1. The molecule has 6 nitrogen and oxygen atoms in total. The minimum Gasteiger partial charge on any atom is -0.352 e. The molecule has 0 bridgehead atoms. The maximum atomic E-state index is 12.8. The second-order valence-electron chi connectivity index (χ2n) is 6.58. The Balaban J connectivity index is 1.44. The Morgan fingerprint density at radius 2 is 1.96 bits per heavy atom. The van der Waals surface area contributed by atoms with Gasteiger partial charge in [-0.3, -0.25) is 14.2 Å². The molecule has 28 heavy (non-hydrogen) atoms. The quantitative estimate of drug-likeness (QED) is 0.545. The van der Waals surface area contributed by atoms with Crippen LogP contribution in [0, 0.1) is 0 Å². The zero-order chi connectivity index (χ0) is 19.5. The van der Waals surface area contributed by atoms with Crippen LogP contribution < -0.4 is 10.9 Å². The molecule has 1 amide bonds. The van der Waals surface area contributed by atoms with Crippen molar-refractivity contribution in [3.63, 3.8) is 0 Å². The Hall–Kier alpha value is -3.12. The number of rotatable bonds is 6. The highest BCUT2D eigenvalue weighted by Crippen LogP contribution is 2.14. The van der Waals surface area contributed by atoms with Crippen LogP contribution in [-0.2, 0) is 17.9 Å². The standard InChI is InChI=1S/C21H19ClN4O2/c22-16-6-1-5-15(13-16)14-24-19(27)9-4-12-26-20-17(7-2-10-23-20)25-11-3-8-18(25)21(26)28/h1-3,5-8,10-11,13H,4,9,12,14H2,(H,24,27). The van der Waals surface area contributed by atoms with E-state index in [1.54, 1.807) is 22.9 Å². The number of benzene rings is 1. The average Bonchev–Trinajstić information content (AvgIpc) is 3.19. The molecule has 0 aliphatic carbocycles. The number of hydrogen-bond donors (Lipinski definition) is 1. The fourth-order valence-electron chi connectivity index (χ4n) is 3.33. The molecule has 1 aromatic carbocycles. The van der Waals surface area contributed by atoms with E-state index in [9.17, 15) is 9.59 Å². The number of aromatic nitrogens is 3. The van der Waals surface area contributed by atoms with E-state index >= 15 is 0 Å². The van der Waals surface area contributed by atoms with E-state index in [1.807, 2.05) is 47.0 Å². The van der Waals surface area contributed by atoms with Gasteiger partial charge in [0, 0.05) is 36.9 Å². The second kappa shape index (κ2) is 7.86. The smallest absolute Gasteiger partial charge is 0.276 e. The highest BCUT2D eigenvalue weighted by molar-refractivity contribution is 6.30. The molecule has 0 saturated heterocycles. The minimum absolute atomic E-state index is 0.0611. The number of fused-ring (bicyclic) bond motifs is 3. The van der Waals surface area contributed by atoms with Gasteiger partial charge < -0.3 is 9.72 Å². The van der Waals surface area contributed by atoms with Crippen molar-refractivity contribution in [3.8, 4) is 0 Å². The molecular weight excluding hydrogens is 376 g/mol. The SMILES string of the molecule is O=C(CCCn1c(=O)c2cccn2c2cccnc21)NCc1cccc(Cl)c1. The van der Waals surface area contributed by atoms with Crippen molar-refractivity contribution in [2.45, 2.75) is 25.9 Å². The van der Waals surface area contributed by atoms with Gasteiger partial charge in [0.2, 0.25) is 5.91 Å². The van der Waals surface area contributed by atoms with Gasteiger partial charge in [0.05, 0.1) is 5.52 Å². The van der Waals surface area contributed by atoms with Gasteiger partial charge in [0.25, 0.3) is 5.56 Å². The molecule has 142 valence electrons. The summed E-state index contributed by atoms with van der Waals surface area (Å²) in [6.45, 7) is 0.860. The Morgan fingerprint density at radius 1 is 1.11 bits per heavy atom. The predicted octanol–water partition coefficient (Wildman–Crippen LogP) is 3.40. The van der Waals surface area contributed by atoms with Crippen LogP contribution in [0.3, 0.4) is 0 Å². The summed E-state index contributed by atoms with van der Waals surface area (Å²) in [4.78, 5) is 29.4. The van der Waals surface area contributed by atoms with Crippen LogP contribution in [0.15, 0.2) is 65.7 Å². The van der Waals surface area contributed by atoms with Gasteiger partial charge in [0.1, 0.15) is 5.52 Å². The molecule has 0 aliphatic rings. The summed E-state index contributed by atoms with van der Waals surface area (Å²) in [5.74, 6) is -0.0611. The molecule has 4 rings (SSSR count). The summed E-state index contributed by atoms with van der Waals surface area (Å²) in [5.41, 5.74) is 2.94. The summed E-state index contributed by atoms with van der Waals surface area (Å²) in [7, 11) is 0. The summed E-state index contributed by atoms with van der Waals surface area (Å²) >= 11 is 5.95. The highest BCUT2D eigenvalue weighted by Gasteiger charge is 2.11. The fourth-order valence-corrected chi connectivity index (χ4v) is 3.54. The molecule has 7 heteroatoms. The summed E-state index contributed by atoms with van der Waals surface area (Å²) in [6, 6.07) is 14.8.